The van der Waals surface area contributed by atoms with Crippen LogP contribution < -0.4 is 10.1 Å². The molecule has 0 radical (unpaired) electrons. The number of carbonyl (C=O) groups is 1. The molecule has 1 amide bonds. The maximum Gasteiger partial charge on any atom is 0.251 e. The highest BCUT2D eigenvalue weighted by atomic mass is 35.5. The number of hydrogen-bond donors (Lipinski definition) is 1. The highest BCUT2D eigenvalue weighted by molar-refractivity contribution is 6.33. The first-order chi connectivity index (χ1) is 10.1. The van der Waals surface area contributed by atoms with E-state index in [-0.39, 0.29) is 16.2 Å². The molecule has 4 nitrogen and oxygen atoms in total. The van der Waals surface area contributed by atoms with Gasteiger partial charge in [0.05, 0.1) is 7.11 Å². The van der Waals surface area contributed by atoms with E-state index in [9.17, 15) is 4.79 Å². The topological polar surface area (TPSA) is 51.2 Å². The Morgan fingerprint density at radius 2 is 1.95 bits per heavy atom. The Morgan fingerprint density at radius 1 is 1.24 bits per heavy atom. The predicted octanol–water partition coefficient (Wildman–Crippen LogP) is 3.37. The molecule has 110 valence electrons. The van der Waals surface area contributed by atoms with Gasteiger partial charge in [-0.1, -0.05) is 35.3 Å². The van der Waals surface area contributed by atoms with E-state index in [2.05, 4.69) is 10.3 Å². The third-order valence-electron chi connectivity index (χ3n) is 2.86. The first kappa shape index (κ1) is 15.6. The summed E-state index contributed by atoms with van der Waals surface area (Å²) in [6.45, 7) is 0.504. The summed E-state index contributed by atoms with van der Waals surface area (Å²) in [5.74, 6) is 0.565. The zero-order valence-electron chi connectivity index (χ0n) is 11.4. The molecule has 1 aromatic carbocycles. The lowest BCUT2D eigenvalue weighted by Crippen LogP contribution is -2.25. The van der Waals surface area contributed by atoms with Crippen LogP contribution in [0.15, 0.2) is 36.4 Å². The molecule has 0 spiro atoms. The average molecular weight is 325 g/mol. The van der Waals surface area contributed by atoms with Crippen molar-refractivity contribution in [1.29, 1.82) is 0 Å². The van der Waals surface area contributed by atoms with Crippen LogP contribution in [-0.2, 0) is 6.42 Å². The first-order valence-electron chi connectivity index (χ1n) is 6.32. The lowest BCUT2D eigenvalue weighted by Gasteiger charge is -2.07. The molecule has 2 aromatic rings. The third kappa shape index (κ3) is 4.62. The first-order valence-corrected chi connectivity index (χ1v) is 7.08. The summed E-state index contributed by atoms with van der Waals surface area (Å²) in [5.41, 5.74) is 1.48. The maximum atomic E-state index is 12.0. The highest BCUT2D eigenvalue weighted by Crippen LogP contribution is 2.15. The van der Waals surface area contributed by atoms with E-state index in [0.717, 1.165) is 11.3 Å². The Kier molecular flexibility index (Phi) is 5.42. The minimum absolute atomic E-state index is 0.195. The number of rotatable bonds is 5. The molecule has 0 unspecified atom stereocenters. The second-order valence-corrected chi connectivity index (χ2v) is 5.13. The van der Waals surface area contributed by atoms with Crippen molar-refractivity contribution in [3.05, 3.63) is 57.8 Å². The zero-order valence-corrected chi connectivity index (χ0v) is 12.9. The second-order valence-electron chi connectivity index (χ2n) is 4.36. The number of carbonyl (C=O) groups excluding carboxylic acids is 1. The Hall–Kier alpha value is -1.78. The van der Waals surface area contributed by atoms with Gasteiger partial charge in [-0.3, -0.25) is 4.79 Å². The van der Waals surface area contributed by atoms with E-state index in [1.165, 1.54) is 12.1 Å². The standard InChI is InChI=1S/C15H14Cl2N2O2/c1-21-12-4-2-3-10(7-12)5-6-18-15(20)11-8-13(16)19-14(17)9-11/h2-4,7-9H,5-6H2,1H3,(H,18,20). The van der Waals surface area contributed by atoms with Gasteiger partial charge in [0, 0.05) is 12.1 Å². The molecule has 21 heavy (non-hydrogen) atoms. The van der Waals surface area contributed by atoms with E-state index in [4.69, 9.17) is 27.9 Å². The molecule has 1 heterocycles. The van der Waals surface area contributed by atoms with Crippen molar-refractivity contribution < 1.29 is 9.53 Å². The largest absolute Gasteiger partial charge is 0.497 e. The zero-order chi connectivity index (χ0) is 15.2. The molecular formula is C15H14Cl2N2O2. The number of halogens is 2. The van der Waals surface area contributed by atoms with Gasteiger partial charge in [-0.05, 0) is 36.2 Å². The van der Waals surface area contributed by atoms with Gasteiger partial charge in [-0.2, -0.15) is 0 Å². The summed E-state index contributed by atoms with van der Waals surface area (Å²) < 4.78 is 5.15. The molecule has 0 saturated carbocycles. The van der Waals surface area contributed by atoms with Gasteiger partial charge >= 0.3 is 0 Å². The van der Waals surface area contributed by atoms with E-state index in [0.29, 0.717) is 18.5 Å². The fraction of sp³-hybridized carbons (Fsp3) is 0.200. The number of nitrogens with one attached hydrogen (secondary N) is 1. The molecule has 0 aliphatic rings. The van der Waals surface area contributed by atoms with Crippen LogP contribution in [0.2, 0.25) is 10.3 Å². The molecule has 2 rings (SSSR count). The average Bonchev–Trinajstić information content (AvgIpc) is 2.46. The van der Waals surface area contributed by atoms with E-state index >= 15 is 0 Å². The summed E-state index contributed by atoms with van der Waals surface area (Å²) >= 11 is 11.5. The van der Waals surface area contributed by atoms with Gasteiger partial charge < -0.3 is 10.1 Å². The normalized spacial score (nSPS) is 10.2. The predicted molar refractivity (Wildman–Crippen MR) is 83.3 cm³/mol. The Morgan fingerprint density at radius 3 is 2.62 bits per heavy atom. The Labute approximate surface area is 133 Å². The molecule has 1 aromatic heterocycles. The van der Waals surface area contributed by atoms with Crippen molar-refractivity contribution in [1.82, 2.24) is 10.3 Å². The van der Waals surface area contributed by atoms with Crippen molar-refractivity contribution in [3.8, 4) is 5.75 Å². The van der Waals surface area contributed by atoms with E-state index in [1.54, 1.807) is 7.11 Å². The Balaban J connectivity index is 1.92. The SMILES string of the molecule is COc1cccc(CCNC(=O)c2cc(Cl)nc(Cl)c2)c1. The number of amides is 1. The quantitative estimate of drug-likeness (QED) is 0.858. The van der Waals surface area contributed by atoms with Crippen molar-refractivity contribution in [2.45, 2.75) is 6.42 Å². The fourth-order valence-corrected chi connectivity index (χ4v) is 2.31. The third-order valence-corrected chi connectivity index (χ3v) is 3.25. The lowest BCUT2D eigenvalue weighted by atomic mass is 10.1. The number of hydrogen-bond acceptors (Lipinski definition) is 3. The van der Waals surface area contributed by atoms with Gasteiger partial charge in [0.25, 0.3) is 5.91 Å². The van der Waals surface area contributed by atoms with Crippen LogP contribution in [0.3, 0.4) is 0 Å². The minimum Gasteiger partial charge on any atom is -0.497 e. The summed E-state index contributed by atoms with van der Waals surface area (Å²) in [6, 6.07) is 10.7. The number of pyridine rings is 1. The molecule has 0 aliphatic carbocycles. The van der Waals surface area contributed by atoms with Crippen LogP contribution in [0.4, 0.5) is 0 Å². The van der Waals surface area contributed by atoms with Gasteiger partial charge in [0.2, 0.25) is 0 Å². The lowest BCUT2D eigenvalue weighted by molar-refractivity contribution is 0.0954. The summed E-state index contributed by atoms with van der Waals surface area (Å²) in [6.07, 6.45) is 0.704. The molecule has 0 bridgehead atoms. The van der Waals surface area contributed by atoms with Crippen LogP contribution in [0.5, 0.6) is 5.75 Å². The molecule has 0 aliphatic heterocycles. The summed E-state index contributed by atoms with van der Waals surface area (Å²) in [5, 5.41) is 3.20. The van der Waals surface area contributed by atoms with Crippen LogP contribution in [0.1, 0.15) is 15.9 Å². The van der Waals surface area contributed by atoms with Gasteiger partial charge in [-0.25, -0.2) is 4.98 Å². The summed E-state index contributed by atoms with van der Waals surface area (Å²) in [7, 11) is 1.62. The van der Waals surface area contributed by atoms with Crippen LogP contribution in [0.25, 0.3) is 0 Å². The van der Waals surface area contributed by atoms with Crippen molar-refractivity contribution in [3.63, 3.8) is 0 Å². The van der Waals surface area contributed by atoms with E-state index < -0.39 is 0 Å². The van der Waals surface area contributed by atoms with Gasteiger partial charge in [0.1, 0.15) is 16.1 Å². The second kappa shape index (κ2) is 7.29. The monoisotopic (exact) mass is 324 g/mol. The number of nitrogens with zero attached hydrogens (tertiary/aromatic N) is 1. The molecule has 6 heteroatoms. The molecule has 0 saturated heterocycles. The highest BCUT2D eigenvalue weighted by Gasteiger charge is 2.08. The van der Waals surface area contributed by atoms with Gasteiger partial charge in [-0.15, -0.1) is 0 Å². The minimum atomic E-state index is -0.232. The van der Waals surface area contributed by atoms with Gasteiger partial charge in [0.15, 0.2) is 0 Å². The number of benzene rings is 1. The van der Waals surface area contributed by atoms with E-state index in [1.807, 2.05) is 24.3 Å². The fourth-order valence-electron chi connectivity index (χ4n) is 1.85. The van der Waals surface area contributed by atoms with Crippen LogP contribution >= 0.6 is 23.2 Å². The molecule has 0 fully saturated rings. The molecule has 1 N–H and O–H groups in total. The van der Waals surface area contributed by atoms with Crippen molar-refractivity contribution in [2.75, 3.05) is 13.7 Å². The maximum absolute atomic E-state index is 12.0. The summed E-state index contributed by atoms with van der Waals surface area (Å²) in [4.78, 5) is 15.8. The van der Waals surface area contributed by atoms with Crippen molar-refractivity contribution in [2.24, 2.45) is 0 Å². The smallest absolute Gasteiger partial charge is 0.251 e. The molecule has 0 atom stereocenters. The van der Waals surface area contributed by atoms with Crippen LogP contribution in [0, 0.1) is 0 Å². The number of ether oxygens (including phenoxy) is 1. The Bertz CT molecular complexity index is 627. The van der Waals surface area contributed by atoms with Crippen molar-refractivity contribution >= 4 is 29.1 Å². The number of methoxy groups -OCH3 is 1. The number of aromatic nitrogens is 1. The molecular weight excluding hydrogens is 311 g/mol. The van der Waals surface area contributed by atoms with Crippen LogP contribution in [-0.4, -0.2) is 24.5 Å².